The van der Waals surface area contributed by atoms with Crippen molar-refractivity contribution in [2.45, 2.75) is 12.8 Å². The molecule has 1 saturated heterocycles. The molecule has 1 N–H and O–H groups in total. The zero-order valence-corrected chi connectivity index (χ0v) is 22.1. The molecule has 2 amide bonds. The van der Waals surface area contributed by atoms with Gasteiger partial charge in [-0.3, -0.25) is 9.59 Å². The summed E-state index contributed by atoms with van der Waals surface area (Å²) in [6.45, 7) is 1.86. The number of likely N-dealkylation sites (tertiary alicyclic amines) is 1. The predicted molar refractivity (Wildman–Crippen MR) is 146 cm³/mol. The molecular weight excluding hydrogens is 547 g/mol. The second-order valence-corrected chi connectivity index (χ2v) is 10.4. The lowest BCUT2D eigenvalue weighted by Crippen LogP contribution is -2.41. The molecule has 0 aromatic heterocycles. The van der Waals surface area contributed by atoms with Crippen molar-refractivity contribution in [3.63, 3.8) is 0 Å². The number of piperidine rings is 1. The molecule has 1 aliphatic heterocycles. The van der Waals surface area contributed by atoms with Crippen molar-refractivity contribution >= 4 is 56.5 Å². The number of hydrogen-bond donors (Lipinski definition) is 1. The monoisotopic (exact) mass is 570 g/mol. The topological polar surface area (TPSA) is 49.4 Å². The van der Waals surface area contributed by atoms with Crippen LogP contribution < -0.4 is 5.32 Å². The van der Waals surface area contributed by atoms with Crippen LogP contribution in [0.5, 0.6) is 0 Å². The summed E-state index contributed by atoms with van der Waals surface area (Å²) in [5, 5.41) is 3.83. The van der Waals surface area contributed by atoms with E-state index in [0.717, 1.165) is 34.0 Å². The molecule has 4 nitrogen and oxygen atoms in total. The van der Waals surface area contributed by atoms with Crippen LogP contribution in [0.3, 0.4) is 0 Å². The van der Waals surface area contributed by atoms with Crippen molar-refractivity contribution < 1.29 is 9.59 Å². The maximum Gasteiger partial charge on any atom is 0.251 e. The number of benzene rings is 3. The summed E-state index contributed by atoms with van der Waals surface area (Å²) in [6, 6.07) is 22.7. The molecule has 0 atom stereocenters. The van der Waals surface area contributed by atoms with E-state index in [2.05, 4.69) is 21.2 Å². The largest absolute Gasteiger partial charge is 0.352 e. The van der Waals surface area contributed by atoms with Gasteiger partial charge in [-0.1, -0.05) is 81.6 Å². The third-order valence-corrected chi connectivity index (χ3v) is 7.08. The highest BCUT2D eigenvalue weighted by molar-refractivity contribution is 9.10. The van der Waals surface area contributed by atoms with E-state index in [9.17, 15) is 9.59 Å². The number of amides is 2. The van der Waals surface area contributed by atoms with Gasteiger partial charge < -0.3 is 10.2 Å². The maximum absolute atomic E-state index is 13.2. The third-order valence-electron chi connectivity index (χ3n) is 6.11. The van der Waals surface area contributed by atoms with Gasteiger partial charge in [0.2, 0.25) is 5.91 Å². The molecule has 0 radical (unpaired) electrons. The molecule has 1 heterocycles. The lowest BCUT2D eigenvalue weighted by Gasteiger charge is -2.31. The van der Waals surface area contributed by atoms with Crippen LogP contribution in [0.4, 0.5) is 0 Å². The van der Waals surface area contributed by atoms with Crippen LogP contribution >= 0.6 is 39.1 Å². The molecule has 3 aromatic carbocycles. The van der Waals surface area contributed by atoms with Gasteiger partial charge in [0, 0.05) is 45.8 Å². The van der Waals surface area contributed by atoms with Crippen molar-refractivity contribution in [2.24, 2.45) is 5.92 Å². The van der Waals surface area contributed by atoms with Crippen LogP contribution in [0.15, 0.2) is 83.3 Å². The Kier molecular flexibility index (Phi) is 8.66. The minimum absolute atomic E-state index is 0.00262. The van der Waals surface area contributed by atoms with E-state index in [1.807, 2.05) is 59.5 Å². The van der Waals surface area contributed by atoms with Gasteiger partial charge in [-0.15, -0.1) is 0 Å². The van der Waals surface area contributed by atoms with Gasteiger partial charge in [-0.2, -0.15) is 0 Å². The summed E-state index contributed by atoms with van der Waals surface area (Å²) < 4.78 is 0.993. The Labute approximate surface area is 224 Å². The Balaban J connectivity index is 1.37. The van der Waals surface area contributed by atoms with Crippen LogP contribution in [0.1, 0.15) is 34.3 Å². The van der Waals surface area contributed by atoms with Gasteiger partial charge in [0.05, 0.1) is 0 Å². The Bertz CT molecular complexity index is 1200. The molecule has 0 aliphatic carbocycles. The van der Waals surface area contributed by atoms with Crippen LogP contribution in [0.25, 0.3) is 5.57 Å². The summed E-state index contributed by atoms with van der Waals surface area (Å²) in [4.78, 5) is 27.5. The van der Waals surface area contributed by atoms with E-state index in [4.69, 9.17) is 23.2 Å². The smallest absolute Gasteiger partial charge is 0.251 e. The zero-order chi connectivity index (χ0) is 24.8. The van der Waals surface area contributed by atoms with E-state index in [0.29, 0.717) is 41.2 Å². The van der Waals surface area contributed by atoms with Gasteiger partial charge in [-0.05, 0) is 65.8 Å². The normalized spacial score (nSPS) is 14.6. The molecule has 0 saturated carbocycles. The van der Waals surface area contributed by atoms with Crippen LogP contribution in [0, 0.1) is 5.92 Å². The summed E-state index contributed by atoms with van der Waals surface area (Å²) in [5.74, 6) is 0.113. The number of carbonyl (C=O) groups excluding carboxylic acids is 2. The molecule has 35 heavy (non-hydrogen) atoms. The molecule has 1 aliphatic rings. The van der Waals surface area contributed by atoms with Crippen LogP contribution in [-0.2, 0) is 4.79 Å². The number of hydrogen-bond acceptors (Lipinski definition) is 2. The molecule has 0 spiro atoms. The van der Waals surface area contributed by atoms with Crippen molar-refractivity contribution in [1.82, 2.24) is 10.2 Å². The van der Waals surface area contributed by atoms with E-state index < -0.39 is 0 Å². The first-order valence-corrected chi connectivity index (χ1v) is 13.0. The van der Waals surface area contributed by atoms with Gasteiger partial charge in [0.15, 0.2) is 0 Å². The van der Waals surface area contributed by atoms with E-state index >= 15 is 0 Å². The number of nitrogens with zero attached hydrogens (tertiary/aromatic N) is 1. The molecule has 3 aromatic rings. The van der Waals surface area contributed by atoms with E-state index in [1.54, 1.807) is 24.3 Å². The first-order valence-electron chi connectivity index (χ1n) is 11.5. The third kappa shape index (κ3) is 6.97. The van der Waals surface area contributed by atoms with Crippen molar-refractivity contribution in [3.05, 3.63) is 110 Å². The minimum Gasteiger partial charge on any atom is -0.352 e. The molecule has 4 rings (SSSR count). The fraction of sp³-hybridized carbons (Fsp3) is 0.214. The summed E-state index contributed by atoms with van der Waals surface area (Å²) in [7, 11) is 0. The highest BCUT2D eigenvalue weighted by atomic mass is 79.9. The average molecular weight is 572 g/mol. The lowest BCUT2D eigenvalue weighted by atomic mass is 9.95. The average Bonchev–Trinajstić information content (AvgIpc) is 2.86. The highest BCUT2D eigenvalue weighted by Gasteiger charge is 2.23. The summed E-state index contributed by atoms with van der Waals surface area (Å²) >= 11 is 15.5. The van der Waals surface area contributed by atoms with Gasteiger partial charge in [0.1, 0.15) is 0 Å². The second-order valence-electron chi connectivity index (χ2n) is 8.57. The fourth-order valence-corrected chi connectivity index (χ4v) is 4.97. The molecule has 1 fully saturated rings. The summed E-state index contributed by atoms with van der Waals surface area (Å²) in [5.41, 5.74) is 3.34. The SMILES string of the molecule is O=C(NCC1CCN(C(=O)/C=C(/c2ccccc2)c2ccc(Br)cc2)CC1)c1cc(Cl)cc(Cl)c1. The van der Waals surface area contributed by atoms with Crippen LogP contribution in [-0.4, -0.2) is 36.3 Å². The molecule has 7 heteroatoms. The van der Waals surface area contributed by atoms with E-state index in [1.165, 1.54) is 0 Å². The van der Waals surface area contributed by atoms with Gasteiger partial charge in [0.25, 0.3) is 5.91 Å². The fourth-order valence-electron chi connectivity index (χ4n) is 4.18. The zero-order valence-electron chi connectivity index (χ0n) is 19.0. The Hall–Kier alpha value is -2.60. The molecule has 180 valence electrons. The molecular formula is C28H25BrCl2N2O2. The quantitative estimate of drug-likeness (QED) is 0.329. The van der Waals surface area contributed by atoms with Crippen LogP contribution in [0.2, 0.25) is 10.0 Å². The minimum atomic E-state index is -0.196. The second kappa shape index (κ2) is 11.9. The molecule has 0 bridgehead atoms. The van der Waals surface area contributed by atoms with Gasteiger partial charge >= 0.3 is 0 Å². The number of carbonyl (C=O) groups is 2. The van der Waals surface area contributed by atoms with Crippen molar-refractivity contribution in [3.8, 4) is 0 Å². The Morgan fingerprint density at radius 1 is 0.886 bits per heavy atom. The highest BCUT2D eigenvalue weighted by Crippen LogP contribution is 2.26. The van der Waals surface area contributed by atoms with Gasteiger partial charge in [-0.25, -0.2) is 0 Å². The van der Waals surface area contributed by atoms with Crippen molar-refractivity contribution in [2.75, 3.05) is 19.6 Å². The first kappa shape index (κ1) is 25.5. The maximum atomic E-state index is 13.2. The standard InChI is InChI=1S/C28H25BrCl2N2O2/c29-23-8-6-21(7-9-23)26(20-4-2-1-3-5-20)17-27(34)33-12-10-19(11-13-33)18-32-28(35)22-14-24(30)16-25(31)15-22/h1-9,14-17,19H,10-13,18H2,(H,32,35)/b26-17-. The lowest BCUT2D eigenvalue weighted by molar-refractivity contribution is -0.127. The molecule has 0 unspecified atom stereocenters. The number of nitrogens with one attached hydrogen (secondary N) is 1. The van der Waals surface area contributed by atoms with Crippen molar-refractivity contribution in [1.29, 1.82) is 0 Å². The Morgan fingerprint density at radius 2 is 1.49 bits per heavy atom. The first-order chi connectivity index (χ1) is 16.9. The number of rotatable bonds is 6. The van der Waals surface area contributed by atoms with E-state index in [-0.39, 0.29) is 11.8 Å². The Morgan fingerprint density at radius 3 is 2.11 bits per heavy atom. The predicted octanol–water partition coefficient (Wildman–Crippen LogP) is 6.86. The number of halogens is 3. The summed E-state index contributed by atoms with van der Waals surface area (Å²) in [6.07, 6.45) is 3.40.